The molecule has 2 heterocycles. The van der Waals surface area contributed by atoms with E-state index >= 15 is 0 Å². The summed E-state index contributed by atoms with van der Waals surface area (Å²) in [5, 5.41) is 3.87. The Morgan fingerprint density at radius 1 is 1.38 bits per heavy atom. The molecule has 0 N–H and O–H groups in total. The van der Waals surface area contributed by atoms with Gasteiger partial charge in [0.2, 0.25) is 0 Å². The van der Waals surface area contributed by atoms with Crippen LogP contribution in [0, 0.1) is 5.92 Å². The van der Waals surface area contributed by atoms with Crippen LogP contribution in [0.4, 0.5) is 5.82 Å². The molecule has 5 heteroatoms. The molecule has 2 aliphatic rings. The van der Waals surface area contributed by atoms with E-state index in [1.807, 2.05) is 6.08 Å². The molecular weight excluding hydrogens is 206 g/mol. The van der Waals surface area contributed by atoms with Gasteiger partial charge in [0.05, 0.1) is 17.5 Å². The first-order valence-electron chi connectivity index (χ1n) is 4.82. The van der Waals surface area contributed by atoms with Gasteiger partial charge in [-0.2, -0.15) is 9.78 Å². The summed E-state index contributed by atoms with van der Waals surface area (Å²) in [5.74, 6) is -0.225. The molecule has 1 aromatic rings. The van der Waals surface area contributed by atoms with Crippen molar-refractivity contribution in [2.75, 3.05) is 0 Å². The Labute approximate surface area is 90.8 Å². The fraction of sp³-hybridized carbons (Fsp3) is 0.0909. The molecule has 0 saturated carbocycles. The van der Waals surface area contributed by atoms with Crippen LogP contribution in [0.25, 0.3) is 0 Å². The van der Waals surface area contributed by atoms with Crippen molar-refractivity contribution in [1.82, 2.24) is 9.78 Å². The average Bonchev–Trinajstić information content (AvgIpc) is 2.72. The zero-order valence-electron chi connectivity index (χ0n) is 8.20. The van der Waals surface area contributed by atoms with E-state index in [9.17, 15) is 9.59 Å². The molecular formula is C11H7N3O2. The third-order valence-electron chi connectivity index (χ3n) is 2.61. The minimum absolute atomic E-state index is 0.172. The standard InChI is InChI=1S/C11H7N3O2/c15-6-7-5-12-14-10(7)13-9-4-2-1-3-8(9)11(14)16/h1-6,8H. The molecule has 1 aliphatic carbocycles. The summed E-state index contributed by atoms with van der Waals surface area (Å²) in [5.41, 5.74) is 0.992. The Kier molecular flexibility index (Phi) is 1.73. The second-order valence-corrected chi connectivity index (χ2v) is 3.55. The highest BCUT2D eigenvalue weighted by Gasteiger charge is 2.31. The number of aliphatic imine (C=N–C) groups is 1. The average molecular weight is 213 g/mol. The first-order valence-corrected chi connectivity index (χ1v) is 4.82. The van der Waals surface area contributed by atoms with Crippen LogP contribution in [0.2, 0.25) is 0 Å². The Balaban J connectivity index is 2.24. The lowest BCUT2D eigenvalue weighted by Crippen LogP contribution is -2.31. The number of fused-ring (bicyclic) bond motifs is 2. The second-order valence-electron chi connectivity index (χ2n) is 3.55. The first-order chi connectivity index (χ1) is 7.81. The minimum atomic E-state index is -0.378. The third kappa shape index (κ3) is 1.05. The Morgan fingerprint density at radius 2 is 2.25 bits per heavy atom. The van der Waals surface area contributed by atoms with Crippen LogP contribution in [0.1, 0.15) is 15.2 Å². The summed E-state index contributed by atoms with van der Waals surface area (Å²) >= 11 is 0. The molecule has 1 unspecified atom stereocenters. The zero-order valence-corrected chi connectivity index (χ0v) is 8.20. The van der Waals surface area contributed by atoms with Gasteiger partial charge in [-0.15, -0.1) is 0 Å². The molecule has 1 aliphatic heterocycles. The van der Waals surface area contributed by atoms with Crippen molar-refractivity contribution >= 4 is 23.7 Å². The van der Waals surface area contributed by atoms with Gasteiger partial charge in [0.1, 0.15) is 5.92 Å². The van der Waals surface area contributed by atoms with E-state index < -0.39 is 0 Å². The summed E-state index contributed by atoms with van der Waals surface area (Å²) in [6, 6.07) is 0. The molecule has 5 nitrogen and oxygen atoms in total. The Morgan fingerprint density at radius 3 is 3.06 bits per heavy atom. The van der Waals surface area contributed by atoms with Gasteiger partial charge in [-0.3, -0.25) is 9.59 Å². The number of aldehydes is 1. The van der Waals surface area contributed by atoms with Crippen LogP contribution in [-0.2, 0) is 0 Å². The number of aromatic nitrogens is 2. The quantitative estimate of drug-likeness (QED) is 0.657. The predicted molar refractivity (Wildman–Crippen MR) is 57.1 cm³/mol. The van der Waals surface area contributed by atoms with Crippen molar-refractivity contribution in [2.45, 2.75) is 0 Å². The molecule has 0 radical (unpaired) electrons. The lowest BCUT2D eigenvalue weighted by atomic mass is 9.96. The SMILES string of the molecule is O=Cc1cnn2c1N=C1C=CC=CC1C2=O. The Hall–Kier alpha value is -2.30. The molecule has 0 amide bonds. The largest absolute Gasteiger partial charge is 0.298 e. The highest BCUT2D eigenvalue weighted by molar-refractivity contribution is 6.16. The van der Waals surface area contributed by atoms with Gasteiger partial charge >= 0.3 is 0 Å². The fourth-order valence-electron chi connectivity index (χ4n) is 1.81. The Bertz CT molecular complexity index is 578. The molecule has 0 fully saturated rings. The maximum atomic E-state index is 12.0. The van der Waals surface area contributed by atoms with Crippen molar-refractivity contribution in [3.63, 3.8) is 0 Å². The van der Waals surface area contributed by atoms with Crippen LogP contribution < -0.4 is 0 Å². The van der Waals surface area contributed by atoms with Gasteiger partial charge < -0.3 is 0 Å². The van der Waals surface area contributed by atoms with Crippen molar-refractivity contribution in [2.24, 2.45) is 10.9 Å². The van der Waals surface area contributed by atoms with Gasteiger partial charge in [0.15, 0.2) is 12.1 Å². The minimum Gasteiger partial charge on any atom is -0.298 e. The summed E-state index contributed by atoms with van der Waals surface area (Å²) in [6.45, 7) is 0. The molecule has 0 saturated heterocycles. The number of carbonyl (C=O) groups is 2. The van der Waals surface area contributed by atoms with Gasteiger partial charge in [0.25, 0.3) is 5.91 Å². The molecule has 0 bridgehead atoms. The summed E-state index contributed by atoms with van der Waals surface area (Å²) in [6.07, 6.45) is 9.17. The highest BCUT2D eigenvalue weighted by Crippen LogP contribution is 2.27. The maximum absolute atomic E-state index is 12.0. The molecule has 3 rings (SSSR count). The molecule has 16 heavy (non-hydrogen) atoms. The number of carbonyl (C=O) groups excluding carboxylic acids is 2. The van der Waals surface area contributed by atoms with Crippen LogP contribution in [-0.4, -0.2) is 27.7 Å². The van der Waals surface area contributed by atoms with E-state index in [-0.39, 0.29) is 11.8 Å². The molecule has 1 atom stereocenters. The highest BCUT2D eigenvalue weighted by atomic mass is 16.2. The van der Waals surface area contributed by atoms with Crippen molar-refractivity contribution in [3.05, 3.63) is 36.1 Å². The van der Waals surface area contributed by atoms with E-state index in [1.165, 1.54) is 10.9 Å². The van der Waals surface area contributed by atoms with Crippen LogP contribution in [0.15, 0.2) is 35.5 Å². The van der Waals surface area contributed by atoms with E-state index in [0.29, 0.717) is 23.4 Å². The lowest BCUT2D eigenvalue weighted by Gasteiger charge is -2.19. The topological polar surface area (TPSA) is 64.3 Å². The summed E-state index contributed by atoms with van der Waals surface area (Å²) in [4.78, 5) is 27.0. The van der Waals surface area contributed by atoms with Crippen molar-refractivity contribution in [3.8, 4) is 0 Å². The van der Waals surface area contributed by atoms with E-state index in [0.717, 1.165) is 0 Å². The van der Waals surface area contributed by atoms with E-state index in [1.54, 1.807) is 18.2 Å². The second kappa shape index (κ2) is 3.10. The van der Waals surface area contributed by atoms with E-state index in [2.05, 4.69) is 10.1 Å². The summed E-state index contributed by atoms with van der Waals surface area (Å²) in [7, 11) is 0. The normalized spacial score (nSPS) is 21.4. The number of allylic oxidation sites excluding steroid dienone is 4. The third-order valence-corrected chi connectivity index (χ3v) is 2.61. The molecule has 78 valence electrons. The van der Waals surface area contributed by atoms with Gasteiger partial charge in [-0.05, 0) is 6.08 Å². The zero-order chi connectivity index (χ0) is 11.1. The number of nitrogens with zero attached hydrogens (tertiary/aromatic N) is 3. The summed E-state index contributed by atoms with van der Waals surface area (Å²) < 4.78 is 1.18. The number of hydrogen-bond acceptors (Lipinski definition) is 4. The number of rotatable bonds is 1. The van der Waals surface area contributed by atoms with Crippen molar-refractivity contribution < 1.29 is 9.59 Å². The fourth-order valence-corrected chi connectivity index (χ4v) is 1.81. The molecule has 0 aromatic carbocycles. The van der Waals surface area contributed by atoms with Gasteiger partial charge in [-0.1, -0.05) is 18.2 Å². The monoisotopic (exact) mass is 213 g/mol. The van der Waals surface area contributed by atoms with Crippen LogP contribution in [0.3, 0.4) is 0 Å². The van der Waals surface area contributed by atoms with Gasteiger partial charge in [0, 0.05) is 0 Å². The van der Waals surface area contributed by atoms with Crippen molar-refractivity contribution in [1.29, 1.82) is 0 Å². The first kappa shape index (κ1) is 8.96. The number of hydrogen-bond donors (Lipinski definition) is 0. The van der Waals surface area contributed by atoms with Gasteiger partial charge in [-0.25, -0.2) is 4.99 Å². The lowest BCUT2D eigenvalue weighted by molar-refractivity contribution is 0.0874. The van der Waals surface area contributed by atoms with Crippen LogP contribution in [0.5, 0.6) is 0 Å². The van der Waals surface area contributed by atoms with E-state index in [4.69, 9.17) is 0 Å². The molecule has 1 aromatic heterocycles. The predicted octanol–water partition coefficient (Wildman–Crippen LogP) is 1.16. The molecule has 0 spiro atoms. The smallest absolute Gasteiger partial charge is 0.261 e. The van der Waals surface area contributed by atoms with Crippen LogP contribution >= 0.6 is 0 Å². The maximum Gasteiger partial charge on any atom is 0.261 e.